The summed E-state index contributed by atoms with van der Waals surface area (Å²) in [5.41, 5.74) is 2.88. The molecule has 2 aromatic carbocycles. The Kier molecular flexibility index (Phi) is 8.60. The molecule has 1 aromatic heterocycles. The molecule has 43 heavy (non-hydrogen) atoms. The maximum Gasteiger partial charge on any atom is 0.410 e. The summed E-state index contributed by atoms with van der Waals surface area (Å²) in [6, 6.07) is 14.3. The Labute approximate surface area is 255 Å². The molecule has 0 spiro atoms. The number of aliphatic imine (C=N–C) groups is 1. The average molecular weight is 626 g/mol. The molecule has 0 aliphatic carbocycles. The standard InChI is InChI=1S/C29H35N7O5S2/c1-18-25(27(42-34-18)33-24-17-30-22-10-5-6-11-23(22)32-24)26(37)31-19-8-7-9-20(16-19)35-43(39,40)21-12-14-36(15-13-21)28(38)41-29(2,3)4/h5-11,16,21,30,35H,12-15,17H2,1-4H3,(H,31,37)(H,32,33). The molecule has 5 rings (SSSR count). The molecule has 0 saturated carbocycles. The van der Waals surface area contributed by atoms with Crippen LogP contribution in [0.25, 0.3) is 0 Å². The number of amides is 2. The highest BCUT2D eigenvalue weighted by Crippen LogP contribution is 2.31. The molecule has 4 N–H and O–H groups in total. The smallest absolute Gasteiger partial charge is 0.410 e. The van der Waals surface area contributed by atoms with E-state index in [0.29, 0.717) is 40.0 Å². The Bertz CT molecular complexity index is 1660. The number of para-hydroxylation sites is 2. The number of aromatic nitrogens is 1. The molecule has 3 heterocycles. The van der Waals surface area contributed by atoms with E-state index >= 15 is 0 Å². The highest BCUT2D eigenvalue weighted by atomic mass is 32.2. The van der Waals surface area contributed by atoms with Gasteiger partial charge in [0.1, 0.15) is 11.4 Å². The summed E-state index contributed by atoms with van der Waals surface area (Å²) in [4.78, 5) is 31.9. The van der Waals surface area contributed by atoms with Gasteiger partial charge in [-0.15, -0.1) is 0 Å². The lowest BCUT2D eigenvalue weighted by Gasteiger charge is -2.33. The van der Waals surface area contributed by atoms with Gasteiger partial charge in [-0.25, -0.2) is 18.2 Å². The SMILES string of the molecule is Cc1nsc(N=C2CNc3ccccc3N2)c1C(=O)Nc1cccc(NS(=O)(=O)C2CCN(C(=O)OC(C)(C)C)CC2)c1. The number of fused-ring (bicyclic) bond motifs is 1. The Balaban J connectivity index is 1.23. The predicted molar refractivity (Wildman–Crippen MR) is 170 cm³/mol. The number of hydrogen-bond donors (Lipinski definition) is 4. The number of rotatable bonds is 6. The van der Waals surface area contributed by atoms with Crippen LogP contribution in [0.2, 0.25) is 0 Å². The largest absolute Gasteiger partial charge is 0.444 e. The van der Waals surface area contributed by atoms with E-state index in [9.17, 15) is 18.0 Å². The van der Waals surface area contributed by atoms with E-state index in [-0.39, 0.29) is 25.9 Å². The maximum absolute atomic E-state index is 13.3. The van der Waals surface area contributed by atoms with Crippen LogP contribution in [0, 0.1) is 6.92 Å². The molecular weight excluding hydrogens is 590 g/mol. The topological polar surface area (TPSA) is 154 Å². The van der Waals surface area contributed by atoms with Crippen molar-refractivity contribution in [3.05, 3.63) is 59.8 Å². The molecule has 0 unspecified atom stereocenters. The number of aryl methyl sites for hydroxylation is 1. The fraction of sp³-hybridized carbons (Fsp3) is 0.379. The fourth-order valence-electron chi connectivity index (χ4n) is 4.79. The van der Waals surface area contributed by atoms with Gasteiger partial charge < -0.3 is 25.6 Å². The van der Waals surface area contributed by atoms with Crippen LogP contribution in [0.15, 0.2) is 53.5 Å². The highest BCUT2D eigenvalue weighted by molar-refractivity contribution is 7.93. The number of ether oxygens (including phenoxy) is 1. The quantitative estimate of drug-likeness (QED) is 0.284. The summed E-state index contributed by atoms with van der Waals surface area (Å²) in [6.07, 6.45) is 0.134. The fourth-order valence-corrected chi connectivity index (χ4v) is 7.04. The summed E-state index contributed by atoms with van der Waals surface area (Å²) in [6.45, 7) is 8.16. The summed E-state index contributed by atoms with van der Waals surface area (Å²) >= 11 is 1.13. The number of likely N-dealkylation sites (tertiary alicyclic amines) is 1. The van der Waals surface area contributed by atoms with Crippen LogP contribution in [0.4, 0.5) is 32.5 Å². The first-order chi connectivity index (χ1) is 20.4. The first kappa shape index (κ1) is 30.3. The monoisotopic (exact) mass is 625 g/mol. The number of carbonyl (C=O) groups excluding carboxylic acids is 2. The maximum atomic E-state index is 13.3. The van der Waals surface area contributed by atoms with Gasteiger partial charge in [-0.1, -0.05) is 18.2 Å². The summed E-state index contributed by atoms with van der Waals surface area (Å²) in [7, 11) is -3.74. The van der Waals surface area contributed by atoms with Crippen molar-refractivity contribution in [2.75, 3.05) is 40.3 Å². The van der Waals surface area contributed by atoms with E-state index in [1.807, 2.05) is 24.3 Å². The molecule has 3 aromatic rings. The minimum atomic E-state index is -3.74. The van der Waals surface area contributed by atoms with Gasteiger partial charge >= 0.3 is 6.09 Å². The molecule has 0 bridgehead atoms. The van der Waals surface area contributed by atoms with Gasteiger partial charge in [0.05, 0.1) is 40.1 Å². The van der Waals surface area contributed by atoms with Gasteiger partial charge in [0.2, 0.25) is 10.0 Å². The number of hydrogen-bond acceptors (Lipinski definition) is 9. The molecule has 12 nitrogen and oxygen atoms in total. The Morgan fingerprint density at radius 2 is 1.77 bits per heavy atom. The van der Waals surface area contributed by atoms with Crippen molar-refractivity contribution in [2.24, 2.45) is 4.99 Å². The Morgan fingerprint density at radius 3 is 2.49 bits per heavy atom. The van der Waals surface area contributed by atoms with Gasteiger partial charge in [-0.2, -0.15) is 4.37 Å². The normalized spacial score (nSPS) is 16.6. The lowest BCUT2D eigenvalue weighted by atomic mass is 10.1. The molecule has 0 atom stereocenters. The van der Waals surface area contributed by atoms with Crippen LogP contribution < -0.4 is 20.7 Å². The second-order valence-electron chi connectivity index (χ2n) is 11.4. The van der Waals surface area contributed by atoms with Crippen LogP contribution in [0.1, 0.15) is 49.7 Å². The number of nitrogens with one attached hydrogen (secondary N) is 4. The van der Waals surface area contributed by atoms with Crippen LogP contribution >= 0.6 is 11.5 Å². The third-order valence-electron chi connectivity index (χ3n) is 6.87. The van der Waals surface area contributed by atoms with Crippen LogP contribution in [0.5, 0.6) is 0 Å². The number of nitrogens with zero attached hydrogens (tertiary/aromatic N) is 3. The van der Waals surface area contributed by atoms with Crippen LogP contribution in [-0.4, -0.2) is 66.0 Å². The zero-order valence-electron chi connectivity index (χ0n) is 24.4. The molecule has 1 fully saturated rings. The molecule has 0 radical (unpaired) electrons. The summed E-state index contributed by atoms with van der Waals surface area (Å²) in [5.74, 6) is 0.258. The zero-order chi connectivity index (χ0) is 30.8. The number of benzene rings is 2. The van der Waals surface area contributed by atoms with Crippen molar-refractivity contribution in [3.8, 4) is 0 Å². The van der Waals surface area contributed by atoms with Crippen molar-refractivity contribution in [2.45, 2.75) is 51.4 Å². The zero-order valence-corrected chi connectivity index (χ0v) is 26.1. The van der Waals surface area contributed by atoms with Crippen molar-refractivity contribution < 1.29 is 22.7 Å². The van der Waals surface area contributed by atoms with Crippen LogP contribution in [0.3, 0.4) is 0 Å². The number of anilines is 4. The van der Waals surface area contributed by atoms with E-state index in [1.54, 1.807) is 52.0 Å². The number of piperidine rings is 1. The van der Waals surface area contributed by atoms with Gasteiger partial charge in [-0.3, -0.25) is 9.52 Å². The van der Waals surface area contributed by atoms with E-state index in [0.717, 1.165) is 22.9 Å². The van der Waals surface area contributed by atoms with Crippen molar-refractivity contribution in [1.82, 2.24) is 9.27 Å². The van der Waals surface area contributed by atoms with Gasteiger partial charge in [0.25, 0.3) is 5.91 Å². The predicted octanol–water partition coefficient (Wildman–Crippen LogP) is 5.41. The van der Waals surface area contributed by atoms with Crippen LogP contribution in [-0.2, 0) is 14.8 Å². The number of carbonyl (C=O) groups is 2. The average Bonchev–Trinajstić information content (AvgIpc) is 3.31. The van der Waals surface area contributed by atoms with E-state index in [2.05, 4.69) is 30.0 Å². The summed E-state index contributed by atoms with van der Waals surface area (Å²) < 4.78 is 38.7. The van der Waals surface area contributed by atoms with Gasteiger partial charge in [-0.05, 0) is 82.4 Å². The third kappa shape index (κ3) is 7.43. The first-order valence-corrected chi connectivity index (χ1v) is 16.2. The minimum absolute atomic E-state index is 0.287. The van der Waals surface area contributed by atoms with E-state index < -0.39 is 32.9 Å². The number of amidine groups is 1. The van der Waals surface area contributed by atoms with E-state index in [4.69, 9.17) is 4.74 Å². The molecule has 1 saturated heterocycles. The molecular formula is C29H35N7O5S2. The Hall–Kier alpha value is -4.17. The van der Waals surface area contributed by atoms with Gasteiger partial charge in [0.15, 0.2) is 5.00 Å². The van der Waals surface area contributed by atoms with E-state index in [1.165, 1.54) is 4.90 Å². The molecule has 2 aliphatic rings. The third-order valence-corrected chi connectivity index (χ3v) is 9.58. The second kappa shape index (κ2) is 12.2. The molecule has 2 aliphatic heterocycles. The Morgan fingerprint density at radius 1 is 1.07 bits per heavy atom. The van der Waals surface area contributed by atoms with Crippen molar-refractivity contribution in [3.63, 3.8) is 0 Å². The van der Waals surface area contributed by atoms with Crippen molar-refractivity contribution in [1.29, 1.82) is 0 Å². The van der Waals surface area contributed by atoms with Crippen molar-refractivity contribution >= 4 is 67.1 Å². The second-order valence-corrected chi connectivity index (χ2v) is 14.1. The minimum Gasteiger partial charge on any atom is -0.444 e. The number of sulfonamides is 1. The lowest BCUT2D eigenvalue weighted by Crippen LogP contribution is -2.45. The molecule has 14 heteroatoms. The molecule has 2 amide bonds. The summed E-state index contributed by atoms with van der Waals surface area (Å²) in [5, 5.41) is 9.24. The molecule has 228 valence electrons. The van der Waals surface area contributed by atoms with Gasteiger partial charge in [0, 0.05) is 18.8 Å². The first-order valence-electron chi connectivity index (χ1n) is 13.9. The lowest BCUT2D eigenvalue weighted by molar-refractivity contribution is 0.0217. The highest BCUT2D eigenvalue weighted by Gasteiger charge is 2.33.